The number of carbonyl (C=O) groups is 1. The van der Waals surface area contributed by atoms with Crippen molar-refractivity contribution < 1.29 is 13.9 Å². The highest BCUT2D eigenvalue weighted by molar-refractivity contribution is 7.20. The molecule has 0 saturated heterocycles. The fourth-order valence-electron chi connectivity index (χ4n) is 2.88. The predicted octanol–water partition coefficient (Wildman–Crippen LogP) is 6.23. The van der Waals surface area contributed by atoms with Gasteiger partial charge in [0.25, 0.3) is 0 Å². The van der Waals surface area contributed by atoms with Crippen LogP contribution in [0.5, 0.6) is 0 Å². The minimum Gasteiger partial charge on any atom is -0.443 e. The van der Waals surface area contributed by atoms with E-state index in [0.29, 0.717) is 27.3 Å². The van der Waals surface area contributed by atoms with Crippen LogP contribution < -0.4 is 10.6 Å². The molecule has 3 aromatic heterocycles. The van der Waals surface area contributed by atoms with Gasteiger partial charge in [-0.3, -0.25) is 9.29 Å². The Labute approximate surface area is 198 Å². The number of hydrogen-bond donors (Lipinski definition) is 1. The highest BCUT2D eigenvalue weighted by Crippen LogP contribution is 2.42. The molecule has 0 aliphatic carbocycles. The molecule has 0 aromatic carbocycles. The normalized spacial score (nSPS) is 12.9. The molecule has 3 rings (SSSR count). The van der Waals surface area contributed by atoms with Gasteiger partial charge in [0, 0.05) is 28.6 Å². The standard InChI is InChI=1S/C20H23Cl2FN4O2S2/c1-20(2,3)29-19(28)27(10-15-25-6-7-30-15)12-9-14(21)26-17-16(22)13(31-18(12)17)8-11(24)4-5-23/h6-7,9,11H,4-5,8,10,24H2,1-3H3/t11-/m0/s1. The Balaban J connectivity index is 2.09. The van der Waals surface area contributed by atoms with E-state index in [1.807, 2.05) is 5.38 Å². The zero-order valence-electron chi connectivity index (χ0n) is 17.3. The number of hydrogen-bond acceptors (Lipinski definition) is 7. The zero-order valence-corrected chi connectivity index (χ0v) is 20.5. The number of anilines is 1. The van der Waals surface area contributed by atoms with Crippen molar-refractivity contribution in [3.8, 4) is 0 Å². The van der Waals surface area contributed by atoms with Crippen molar-refractivity contribution >= 4 is 67.9 Å². The average molecular weight is 505 g/mol. The fraction of sp³-hybridized carbons (Fsp3) is 0.450. The van der Waals surface area contributed by atoms with Crippen LogP contribution in [-0.4, -0.2) is 34.4 Å². The number of carbonyl (C=O) groups excluding carboxylic acids is 1. The van der Waals surface area contributed by atoms with Crippen LogP contribution in [0.2, 0.25) is 10.2 Å². The Morgan fingerprint density at radius 1 is 1.39 bits per heavy atom. The number of thiophene rings is 1. The van der Waals surface area contributed by atoms with Gasteiger partial charge in [-0.05, 0) is 33.6 Å². The van der Waals surface area contributed by atoms with Crippen molar-refractivity contribution in [1.82, 2.24) is 9.97 Å². The number of thiazole rings is 1. The van der Waals surface area contributed by atoms with Crippen molar-refractivity contribution in [3.63, 3.8) is 0 Å². The minimum atomic E-state index is -0.689. The SMILES string of the molecule is CC(C)(C)OC(=O)N(Cc1nccs1)c1cc(Cl)nc2c(Cl)c(C[C@@H](N)CCF)sc12. The molecule has 0 radical (unpaired) electrons. The molecule has 11 heteroatoms. The first-order valence-corrected chi connectivity index (χ1v) is 12.0. The van der Waals surface area contributed by atoms with E-state index in [1.165, 1.54) is 27.6 Å². The monoisotopic (exact) mass is 504 g/mol. The smallest absolute Gasteiger partial charge is 0.415 e. The maximum Gasteiger partial charge on any atom is 0.415 e. The zero-order chi connectivity index (χ0) is 22.8. The summed E-state index contributed by atoms with van der Waals surface area (Å²) in [6.07, 6.45) is 1.78. The molecule has 0 aliphatic heterocycles. The van der Waals surface area contributed by atoms with E-state index in [0.717, 1.165) is 9.88 Å². The molecule has 2 N–H and O–H groups in total. The number of alkyl halides is 1. The summed E-state index contributed by atoms with van der Waals surface area (Å²) in [7, 11) is 0. The van der Waals surface area contributed by atoms with Gasteiger partial charge in [0.2, 0.25) is 0 Å². The number of aromatic nitrogens is 2. The largest absolute Gasteiger partial charge is 0.443 e. The first kappa shape index (κ1) is 24.1. The lowest BCUT2D eigenvalue weighted by Crippen LogP contribution is -2.36. The van der Waals surface area contributed by atoms with Gasteiger partial charge in [0.15, 0.2) is 0 Å². The molecular weight excluding hydrogens is 482 g/mol. The van der Waals surface area contributed by atoms with Crippen molar-refractivity contribution in [2.45, 2.75) is 51.8 Å². The van der Waals surface area contributed by atoms with Gasteiger partial charge in [-0.2, -0.15) is 0 Å². The highest BCUT2D eigenvalue weighted by atomic mass is 35.5. The Bertz CT molecular complexity index is 1050. The third-order valence-electron chi connectivity index (χ3n) is 4.21. The van der Waals surface area contributed by atoms with Gasteiger partial charge in [-0.1, -0.05) is 23.2 Å². The summed E-state index contributed by atoms with van der Waals surface area (Å²) < 4.78 is 19.0. The van der Waals surface area contributed by atoms with Crippen molar-refractivity contribution in [3.05, 3.63) is 37.7 Å². The molecule has 0 aliphatic rings. The van der Waals surface area contributed by atoms with E-state index in [1.54, 1.807) is 33.0 Å². The molecule has 0 spiro atoms. The third kappa shape index (κ3) is 6.04. The second-order valence-corrected chi connectivity index (χ2v) is 10.8. The molecule has 1 amide bonds. The number of fused-ring (bicyclic) bond motifs is 1. The van der Waals surface area contributed by atoms with Gasteiger partial charge in [0.05, 0.1) is 28.6 Å². The lowest BCUT2D eigenvalue weighted by molar-refractivity contribution is 0.0578. The Hall–Kier alpha value is -1.52. The van der Waals surface area contributed by atoms with Crippen LogP contribution >= 0.6 is 45.9 Å². The van der Waals surface area contributed by atoms with Crippen molar-refractivity contribution in [2.75, 3.05) is 11.6 Å². The molecule has 3 heterocycles. The maximum atomic E-state index is 13.1. The molecule has 6 nitrogen and oxygen atoms in total. The summed E-state index contributed by atoms with van der Waals surface area (Å²) >= 11 is 15.7. The molecule has 3 aromatic rings. The number of halogens is 3. The van der Waals surface area contributed by atoms with Crippen LogP contribution in [0.15, 0.2) is 17.6 Å². The van der Waals surface area contributed by atoms with Gasteiger partial charge >= 0.3 is 6.09 Å². The fourth-order valence-corrected chi connectivity index (χ4v) is 5.31. The third-order valence-corrected chi connectivity index (χ3v) is 6.91. The van der Waals surface area contributed by atoms with Crippen LogP contribution in [0.1, 0.15) is 37.1 Å². The summed E-state index contributed by atoms with van der Waals surface area (Å²) in [4.78, 5) is 24.0. The first-order chi connectivity index (χ1) is 14.6. The average Bonchev–Trinajstić information content (AvgIpc) is 3.27. The molecule has 0 bridgehead atoms. The van der Waals surface area contributed by atoms with Crippen LogP contribution in [0, 0.1) is 0 Å². The van der Waals surface area contributed by atoms with Crippen LogP contribution in [0.4, 0.5) is 14.9 Å². The van der Waals surface area contributed by atoms with E-state index in [4.69, 9.17) is 33.7 Å². The lowest BCUT2D eigenvalue weighted by Gasteiger charge is -2.27. The topological polar surface area (TPSA) is 81.3 Å². The second-order valence-electron chi connectivity index (χ2n) is 7.92. The maximum absolute atomic E-state index is 13.1. The molecule has 0 unspecified atom stereocenters. The van der Waals surface area contributed by atoms with Crippen molar-refractivity contribution in [1.29, 1.82) is 0 Å². The number of rotatable bonds is 7. The Morgan fingerprint density at radius 2 is 2.13 bits per heavy atom. The first-order valence-electron chi connectivity index (χ1n) is 9.57. The van der Waals surface area contributed by atoms with Gasteiger partial charge < -0.3 is 10.5 Å². The van der Waals surface area contributed by atoms with E-state index in [2.05, 4.69) is 9.97 Å². The number of amides is 1. The van der Waals surface area contributed by atoms with E-state index < -0.39 is 18.4 Å². The Kier molecular flexibility index (Phi) is 7.75. The molecule has 0 fully saturated rings. The molecule has 168 valence electrons. The quantitative estimate of drug-likeness (QED) is 0.385. The van der Waals surface area contributed by atoms with E-state index >= 15 is 0 Å². The number of pyridine rings is 1. The van der Waals surface area contributed by atoms with Crippen molar-refractivity contribution in [2.24, 2.45) is 5.73 Å². The second kappa shape index (κ2) is 9.95. The summed E-state index contributed by atoms with van der Waals surface area (Å²) in [5.74, 6) is 0. The van der Waals surface area contributed by atoms with E-state index in [-0.39, 0.29) is 24.2 Å². The predicted molar refractivity (Wildman–Crippen MR) is 126 cm³/mol. The molecule has 31 heavy (non-hydrogen) atoms. The highest BCUT2D eigenvalue weighted by Gasteiger charge is 2.28. The van der Waals surface area contributed by atoms with Crippen LogP contribution in [0.3, 0.4) is 0 Å². The number of ether oxygens (including phenoxy) is 1. The minimum absolute atomic E-state index is 0.189. The van der Waals surface area contributed by atoms with Crippen LogP contribution in [-0.2, 0) is 17.7 Å². The van der Waals surface area contributed by atoms with E-state index in [9.17, 15) is 9.18 Å². The lowest BCUT2D eigenvalue weighted by atomic mass is 10.1. The number of nitrogens with two attached hydrogens (primary N) is 1. The summed E-state index contributed by atoms with van der Waals surface area (Å²) in [6.45, 7) is 5.10. The van der Waals surface area contributed by atoms with Gasteiger partial charge in [-0.25, -0.2) is 14.8 Å². The summed E-state index contributed by atoms with van der Waals surface area (Å²) in [5.41, 5.74) is 6.32. The summed E-state index contributed by atoms with van der Waals surface area (Å²) in [6, 6.07) is 1.24. The summed E-state index contributed by atoms with van der Waals surface area (Å²) in [5, 5.41) is 3.18. The molecule has 0 saturated carbocycles. The van der Waals surface area contributed by atoms with Crippen LogP contribution in [0.25, 0.3) is 10.2 Å². The molecule has 1 atom stereocenters. The molecular formula is C20H23Cl2FN4O2S2. The number of nitrogens with zero attached hydrogens (tertiary/aromatic N) is 3. The Morgan fingerprint density at radius 3 is 2.74 bits per heavy atom. The van der Waals surface area contributed by atoms with Gasteiger partial charge in [-0.15, -0.1) is 22.7 Å². The van der Waals surface area contributed by atoms with Gasteiger partial charge in [0.1, 0.15) is 21.3 Å².